The number of nitrogens with one attached hydrogen (secondary N) is 1. The molecule has 0 aromatic rings. The molecule has 76 valence electrons. The third kappa shape index (κ3) is 1.89. The maximum Gasteiger partial charge on any atom is 0.0447 e. The fourth-order valence-corrected chi connectivity index (χ4v) is 4.84. The predicted octanol–water partition coefficient (Wildman–Crippen LogP) is 1.15. The monoisotopic (exact) mass is 202 g/mol. The Morgan fingerprint density at radius 3 is 2.38 bits per heavy atom. The van der Waals surface area contributed by atoms with Crippen LogP contribution in [-0.4, -0.2) is 40.8 Å². The summed E-state index contributed by atoms with van der Waals surface area (Å²) in [5, 5.41) is 0. The highest BCUT2D eigenvalue weighted by Gasteiger charge is 2.41. The molecule has 1 spiro atoms. The molecule has 4 heteroatoms. The van der Waals surface area contributed by atoms with E-state index in [4.69, 9.17) is 4.78 Å². The summed E-state index contributed by atoms with van der Waals surface area (Å²) in [7, 11) is -0.0516. The minimum Gasteiger partial charge on any atom is -0.306 e. The van der Waals surface area contributed by atoms with Gasteiger partial charge in [0.2, 0.25) is 0 Å². The molecule has 2 aliphatic heterocycles. The van der Waals surface area contributed by atoms with Crippen LogP contribution in [-0.2, 0) is 9.73 Å². The Kier molecular flexibility index (Phi) is 2.15. The first-order chi connectivity index (χ1) is 6.02. The van der Waals surface area contributed by atoms with E-state index in [2.05, 4.69) is 11.9 Å². The Morgan fingerprint density at radius 1 is 1.31 bits per heavy atom. The van der Waals surface area contributed by atoms with Crippen molar-refractivity contribution in [3.63, 3.8) is 0 Å². The molecule has 2 heterocycles. The molecule has 0 aromatic carbocycles. The lowest BCUT2D eigenvalue weighted by molar-refractivity contribution is 0.145. The van der Waals surface area contributed by atoms with Crippen LogP contribution in [0, 0.1) is 10.2 Å². The van der Waals surface area contributed by atoms with Gasteiger partial charge in [0.15, 0.2) is 0 Å². The van der Waals surface area contributed by atoms with Crippen molar-refractivity contribution in [3.8, 4) is 0 Å². The average Bonchev–Trinajstić information content (AvgIpc) is 2.35. The summed E-state index contributed by atoms with van der Waals surface area (Å²) in [6, 6.07) is 0. The molecule has 1 atom stereocenters. The zero-order valence-corrected chi connectivity index (χ0v) is 9.03. The quantitative estimate of drug-likeness (QED) is 0.640. The predicted molar refractivity (Wildman–Crippen MR) is 54.4 cm³/mol. The van der Waals surface area contributed by atoms with Crippen molar-refractivity contribution in [1.82, 2.24) is 4.90 Å². The van der Waals surface area contributed by atoms with Gasteiger partial charge in [0.05, 0.1) is 0 Å². The average molecular weight is 202 g/mol. The zero-order valence-electron chi connectivity index (χ0n) is 8.21. The minimum atomic E-state index is -2.19. The van der Waals surface area contributed by atoms with E-state index in [1.54, 1.807) is 0 Å². The number of nitrogens with zero attached hydrogens (tertiary/aromatic N) is 1. The molecule has 1 N–H and O–H groups in total. The zero-order chi connectivity index (χ0) is 9.53. The van der Waals surface area contributed by atoms with E-state index in [0.29, 0.717) is 11.5 Å². The first-order valence-corrected chi connectivity index (χ1v) is 6.84. The SMILES string of the molecule is CN1CCC2(CC1)CCS(=N)(=O)C2. The normalized spacial score (nSPS) is 39.8. The van der Waals surface area contributed by atoms with Crippen molar-refractivity contribution in [2.75, 3.05) is 31.6 Å². The van der Waals surface area contributed by atoms with E-state index in [0.717, 1.165) is 32.4 Å². The Hall–Kier alpha value is -0.0900. The van der Waals surface area contributed by atoms with Crippen molar-refractivity contribution in [3.05, 3.63) is 0 Å². The molecule has 0 saturated carbocycles. The van der Waals surface area contributed by atoms with E-state index in [9.17, 15) is 4.21 Å². The Bertz CT molecular complexity index is 289. The summed E-state index contributed by atoms with van der Waals surface area (Å²) < 4.78 is 19.2. The molecule has 1 unspecified atom stereocenters. The van der Waals surface area contributed by atoms with Crippen LogP contribution in [0.3, 0.4) is 0 Å². The minimum absolute atomic E-state index is 0.283. The van der Waals surface area contributed by atoms with Crippen LogP contribution >= 0.6 is 0 Å². The fourth-order valence-electron chi connectivity index (χ4n) is 2.51. The maximum atomic E-state index is 11.6. The first-order valence-electron chi connectivity index (χ1n) is 4.94. The standard InChI is InChI=1S/C9H18N2OS/c1-11-5-2-9(3-6-11)4-7-13(10,12)8-9/h10H,2-8H2,1H3. The molecule has 2 rings (SSSR count). The lowest BCUT2D eigenvalue weighted by Gasteiger charge is -2.36. The fraction of sp³-hybridized carbons (Fsp3) is 1.00. The molecule has 0 radical (unpaired) electrons. The maximum absolute atomic E-state index is 11.6. The van der Waals surface area contributed by atoms with Gasteiger partial charge in [0.25, 0.3) is 0 Å². The van der Waals surface area contributed by atoms with E-state index >= 15 is 0 Å². The largest absolute Gasteiger partial charge is 0.306 e. The van der Waals surface area contributed by atoms with Crippen molar-refractivity contribution >= 4 is 9.73 Å². The van der Waals surface area contributed by atoms with Crippen LogP contribution in [0.25, 0.3) is 0 Å². The number of hydrogen-bond acceptors (Lipinski definition) is 3. The van der Waals surface area contributed by atoms with Gasteiger partial charge >= 0.3 is 0 Å². The highest BCUT2D eigenvalue weighted by molar-refractivity contribution is 7.92. The molecule has 0 aromatic heterocycles. The molecular formula is C9H18N2OS. The number of likely N-dealkylation sites (tertiary alicyclic amines) is 1. The molecule has 0 bridgehead atoms. The Labute approximate surface area is 80.5 Å². The highest BCUT2D eigenvalue weighted by atomic mass is 32.2. The van der Waals surface area contributed by atoms with E-state index in [-0.39, 0.29) is 5.41 Å². The molecule has 2 saturated heterocycles. The van der Waals surface area contributed by atoms with Crippen LogP contribution in [0.1, 0.15) is 19.3 Å². The van der Waals surface area contributed by atoms with Gasteiger partial charge in [-0.2, -0.15) is 0 Å². The van der Waals surface area contributed by atoms with Crippen LogP contribution in [0.2, 0.25) is 0 Å². The highest BCUT2D eigenvalue weighted by Crippen LogP contribution is 2.41. The van der Waals surface area contributed by atoms with Gasteiger partial charge in [-0.25, -0.2) is 4.21 Å². The summed E-state index contributed by atoms with van der Waals surface area (Å²) in [6.07, 6.45) is 3.34. The van der Waals surface area contributed by atoms with Crippen LogP contribution in [0.15, 0.2) is 0 Å². The lowest BCUT2D eigenvalue weighted by Crippen LogP contribution is -2.38. The van der Waals surface area contributed by atoms with Gasteiger partial charge in [0.1, 0.15) is 0 Å². The van der Waals surface area contributed by atoms with Crippen LogP contribution in [0.5, 0.6) is 0 Å². The van der Waals surface area contributed by atoms with E-state index in [1.165, 1.54) is 0 Å². The molecular weight excluding hydrogens is 184 g/mol. The van der Waals surface area contributed by atoms with Crippen LogP contribution < -0.4 is 0 Å². The van der Waals surface area contributed by atoms with E-state index < -0.39 is 9.73 Å². The smallest absolute Gasteiger partial charge is 0.0447 e. The molecule has 0 aliphatic carbocycles. The second-order valence-electron chi connectivity index (χ2n) is 4.71. The summed E-state index contributed by atoms with van der Waals surface area (Å²) in [6.45, 7) is 2.24. The van der Waals surface area contributed by atoms with Gasteiger partial charge < -0.3 is 4.90 Å². The number of piperidine rings is 1. The molecule has 13 heavy (non-hydrogen) atoms. The summed E-state index contributed by atoms with van der Waals surface area (Å²) in [5.74, 6) is 1.32. The Morgan fingerprint density at radius 2 is 1.92 bits per heavy atom. The summed E-state index contributed by atoms with van der Waals surface area (Å²) in [4.78, 5) is 2.33. The van der Waals surface area contributed by atoms with Crippen LogP contribution in [0.4, 0.5) is 0 Å². The van der Waals surface area contributed by atoms with Gasteiger partial charge in [-0.3, -0.25) is 4.78 Å². The molecule has 2 fully saturated rings. The summed E-state index contributed by atoms with van der Waals surface area (Å²) >= 11 is 0. The second kappa shape index (κ2) is 2.95. The first kappa shape index (κ1) is 9.46. The molecule has 0 amide bonds. The number of hydrogen-bond donors (Lipinski definition) is 1. The molecule has 3 nitrogen and oxygen atoms in total. The topological polar surface area (TPSA) is 44.2 Å². The lowest BCUT2D eigenvalue weighted by atomic mass is 9.78. The van der Waals surface area contributed by atoms with Crippen molar-refractivity contribution in [2.45, 2.75) is 19.3 Å². The van der Waals surface area contributed by atoms with Gasteiger partial charge in [0, 0.05) is 21.2 Å². The molecule has 2 aliphatic rings. The van der Waals surface area contributed by atoms with Gasteiger partial charge in [-0.15, -0.1) is 0 Å². The third-order valence-corrected chi connectivity index (χ3v) is 5.49. The van der Waals surface area contributed by atoms with Crippen molar-refractivity contribution in [1.29, 1.82) is 4.78 Å². The van der Waals surface area contributed by atoms with Crippen molar-refractivity contribution in [2.24, 2.45) is 5.41 Å². The van der Waals surface area contributed by atoms with Gasteiger partial charge in [-0.1, -0.05) is 0 Å². The summed E-state index contributed by atoms with van der Waals surface area (Å²) in [5.41, 5.74) is 0.283. The van der Waals surface area contributed by atoms with E-state index in [1.807, 2.05) is 0 Å². The third-order valence-electron chi connectivity index (χ3n) is 3.55. The van der Waals surface area contributed by atoms with Crippen molar-refractivity contribution < 1.29 is 4.21 Å². The number of rotatable bonds is 0. The second-order valence-corrected chi connectivity index (χ2v) is 7.03. The Balaban J connectivity index is 2.08. The van der Waals surface area contributed by atoms with Gasteiger partial charge in [-0.05, 0) is 44.8 Å².